The molecule has 0 aliphatic carbocycles. The molecule has 0 bridgehead atoms. The van der Waals surface area contributed by atoms with Crippen molar-refractivity contribution in [3.63, 3.8) is 0 Å². The zero-order chi connectivity index (χ0) is 25.1. The average Bonchev–Trinajstić information content (AvgIpc) is 2.91. The lowest BCUT2D eigenvalue weighted by Crippen LogP contribution is -2.23. The van der Waals surface area contributed by atoms with Gasteiger partial charge >= 0.3 is 5.97 Å². The maximum Gasteiger partial charge on any atom is 0.336 e. The monoisotopic (exact) mass is 483 g/mol. The third-order valence-corrected chi connectivity index (χ3v) is 7.48. The lowest BCUT2D eigenvalue weighted by Gasteiger charge is -2.28. The van der Waals surface area contributed by atoms with Crippen LogP contribution in [0.15, 0.2) is 67.0 Å². The minimum absolute atomic E-state index is 0.331. The molecule has 0 saturated carbocycles. The molecule has 0 amide bonds. The first-order chi connectivity index (χ1) is 17.5. The van der Waals surface area contributed by atoms with E-state index < -0.39 is 5.97 Å². The molecule has 36 heavy (non-hydrogen) atoms. The highest BCUT2D eigenvalue weighted by Gasteiger charge is 2.23. The quantitative estimate of drug-likeness (QED) is 0.461. The predicted octanol–water partition coefficient (Wildman–Crippen LogP) is 5.77. The van der Waals surface area contributed by atoms with Crippen molar-refractivity contribution in [2.75, 3.05) is 38.7 Å². The Bertz CT molecular complexity index is 1270. The van der Waals surface area contributed by atoms with E-state index >= 15 is 0 Å². The van der Waals surface area contributed by atoms with E-state index in [1.807, 2.05) is 0 Å². The minimum Gasteiger partial charge on any atom is -0.493 e. The topological polar surface area (TPSA) is 65.9 Å². The van der Waals surface area contributed by atoms with E-state index in [-0.39, 0.29) is 0 Å². The molecule has 3 heterocycles. The van der Waals surface area contributed by atoms with Gasteiger partial charge in [0.15, 0.2) is 0 Å². The van der Waals surface area contributed by atoms with Crippen LogP contribution in [0.4, 0.5) is 11.4 Å². The van der Waals surface area contributed by atoms with Crippen LogP contribution < -0.4 is 9.64 Å². The van der Waals surface area contributed by atoms with E-state index in [0.717, 1.165) is 55.0 Å². The zero-order valence-corrected chi connectivity index (χ0v) is 21.0. The number of aryl methyl sites for hydroxylation is 1. The van der Waals surface area contributed by atoms with Crippen molar-refractivity contribution >= 4 is 22.9 Å². The van der Waals surface area contributed by atoms with Gasteiger partial charge in [-0.05, 0) is 85.2 Å². The maximum atomic E-state index is 11.5. The summed E-state index contributed by atoms with van der Waals surface area (Å²) in [6.45, 7) is 2.78. The van der Waals surface area contributed by atoms with Crippen LogP contribution in [0.2, 0.25) is 0 Å². The molecule has 2 aliphatic heterocycles. The van der Waals surface area contributed by atoms with E-state index in [9.17, 15) is 9.90 Å². The number of benzene rings is 2. The largest absolute Gasteiger partial charge is 0.493 e. The van der Waals surface area contributed by atoms with Crippen molar-refractivity contribution < 1.29 is 14.6 Å². The van der Waals surface area contributed by atoms with Gasteiger partial charge in [-0.25, -0.2) is 4.79 Å². The van der Waals surface area contributed by atoms with Crippen molar-refractivity contribution in [2.24, 2.45) is 0 Å². The Morgan fingerprint density at radius 1 is 1.17 bits per heavy atom. The van der Waals surface area contributed by atoms with Crippen molar-refractivity contribution in [1.29, 1.82) is 0 Å². The number of pyridine rings is 1. The number of fused-ring (bicyclic) bond motifs is 1. The second-order valence-electron chi connectivity index (χ2n) is 9.78. The molecule has 1 N–H and O–H groups in total. The summed E-state index contributed by atoms with van der Waals surface area (Å²) in [5.41, 5.74) is 7.28. The summed E-state index contributed by atoms with van der Waals surface area (Å²) >= 11 is 0. The number of carboxylic acids is 1. The van der Waals surface area contributed by atoms with Crippen molar-refractivity contribution in [2.45, 2.75) is 31.6 Å². The number of ether oxygens (including phenoxy) is 1. The molecular formula is C30H33N3O3. The van der Waals surface area contributed by atoms with Gasteiger partial charge < -0.3 is 19.6 Å². The van der Waals surface area contributed by atoms with Crippen LogP contribution in [0.3, 0.4) is 0 Å². The molecule has 1 aromatic heterocycles. The normalized spacial score (nSPS) is 17.6. The average molecular weight is 484 g/mol. The number of hydrogen-bond donors (Lipinski definition) is 1. The first kappa shape index (κ1) is 24.1. The van der Waals surface area contributed by atoms with E-state index in [0.29, 0.717) is 24.5 Å². The van der Waals surface area contributed by atoms with Crippen molar-refractivity contribution in [3.05, 3.63) is 89.3 Å². The highest BCUT2D eigenvalue weighted by atomic mass is 16.5. The molecule has 0 unspecified atom stereocenters. The van der Waals surface area contributed by atoms with Gasteiger partial charge in [0.2, 0.25) is 0 Å². The molecule has 1 atom stereocenters. The molecule has 186 valence electrons. The smallest absolute Gasteiger partial charge is 0.336 e. The fraction of sp³-hybridized carbons (Fsp3) is 0.333. The van der Waals surface area contributed by atoms with Gasteiger partial charge in [-0.2, -0.15) is 0 Å². The first-order valence-electron chi connectivity index (χ1n) is 12.6. The molecule has 2 aromatic carbocycles. The Morgan fingerprint density at radius 3 is 2.72 bits per heavy atom. The number of nitrogens with zero attached hydrogens (tertiary/aromatic N) is 3. The number of rotatable bonds is 7. The third kappa shape index (κ3) is 5.14. The molecule has 5 rings (SSSR count). The number of aromatic nitrogens is 1. The maximum absolute atomic E-state index is 11.5. The molecule has 0 saturated heterocycles. The molecule has 2 aliphatic rings. The summed E-state index contributed by atoms with van der Waals surface area (Å²) in [5, 5.41) is 9.47. The van der Waals surface area contributed by atoms with Gasteiger partial charge in [-0.3, -0.25) is 4.98 Å². The number of carboxylic acid groups (broad SMARTS) is 1. The van der Waals surface area contributed by atoms with E-state index in [1.165, 1.54) is 22.9 Å². The second kappa shape index (κ2) is 10.5. The zero-order valence-electron chi connectivity index (χ0n) is 21.0. The summed E-state index contributed by atoms with van der Waals surface area (Å²) in [4.78, 5) is 20.2. The SMILES string of the molecule is CN1CC=C(c2ccc(N(C)c3ccc4c(c3)OCC[C@H]4CCc3cnccc3C(=O)O)cc2)CC1. The van der Waals surface area contributed by atoms with E-state index in [1.54, 1.807) is 12.3 Å². The molecule has 0 radical (unpaired) electrons. The van der Waals surface area contributed by atoms with Gasteiger partial charge in [0.25, 0.3) is 0 Å². The Kier molecular flexibility index (Phi) is 7.05. The Labute approximate surface area is 212 Å². The number of carbonyl (C=O) groups is 1. The first-order valence-corrected chi connectivity index (χ1v) is 12.6. The summed E-state index contributed by atoms with van der Waals surface area (Å²) in [6, 6.07) is 16.8. The molecular weight excluding hydrogens is 450 g/mol. The van der Waals surface area contributed by atoms with Gasteiger partial charge in [-0.15, -0.1) is 0 Å². The van der Waals surface area contributed by atoms with Gasteiger partial charge in [0.1, 0.15) is 5.75 Å². The van der Waals surface area contributed by atoms with Gasteiger partial charge in [-0.1, -0.05) is 24.3 Å². The van der Waals surface area contributed by atoms with Crippen LogP contribution >= 0.6 is 0 Å². The summed E-state index contributed by atoms with van der Waals surface area (Å²) in [6.07, 6.45) is 9.11. The summed E-state index contributed by atoms with van der Waals surface area (Å²) < 4.78 is 6.06. The van der Waals surface area contributed by atoms with Gasteiger partial charge in [0, 0.05) is 50.0 Å². The Morgan fingerprint density at radius 2 is 1.97 bits per heavy atom. The molecule has 6 heteroatoms. The molecule has 0 spiro atoms. The molecule has 0 fully saturated rings. The van der Waals surface area contributed by atoms with Gasteiger partial charge in [0.05, 0.1) is 12.2 Å². The number of hydrogen-bond acceptors (Lipinski definition) is 5. The van der Waals surface area contributed by atoms with Crippen LogP contribution in [0.1, 0.15) is 52.2 Å². The lowest BCUT2D eigenvalue weighted by molar-refractivity contribution is 0.0695. The summed E-state index contributed by atoms with van der Waals surface area (Å²) in [7, 11) is 4.24. The Balaban J connectivity index is 1.29. The van der Waals surface area contributed by atoms with Crippen LogP contribution in [-0.4, -0.2) is 54.8 Å². The van der Waals surface area contributed by atoms with Crippen molar-refractivity contribution in [3.8, 4) is 5.75 Å². The molecule has 6 nitrogen and oxygen atoms in total. The number of anilines is 2. The Hall–Kier alpha value is -3.64. The third-order valence-electron chi connectivity index (χ3n) is 7.48. The second-order valence-corrected chi connectivity index (χ2v) is 9.78. The van der Waals surface area contributed by atoms with E-state index in [4.69, 9.17) is 4.74 Å². The highest BCUT2D eigenvalue weighted by molar-refractivity contribution is 5.89. The highest BCUT2D eigenvalue weighted by Crippen LogP contribution is 2.40. The number of aromatic carboxylic acids is 1. The summed E-state index contributed by atoms with van der Waals surface area (Å²) in [5.74, 6) is 0.356. The number of likely N-dealkylation sites (N-methyl/N-ethyl adjacent to an activating group) is 1. The molecule has 3 aromatic rings. The lowest BCUT2D eigenvalue weighted by atomic mass is 9.87. The van der Waals surface area contributed by atoms with Crippen molar-refractivity contribution in [1.82, 2.24) is 9.88 Å². The van der Waals surface area contributed by atoms with E-state index in [2.05, 4.69) is 77.4 Å². The minimum atomic E-state index is -0.899. The fourth-order valence-corrected chi connectivity index (χ4v) is 5.21. The standard InChI is InChI=1S/C30H33N3O3/c1-32-16-12-22(13-17-32)21-5-7-25(8-6-21)33(2)26-9-10-27-23(14-18-36-29(27)19-26)3-4-24-20-31-15-11-28(24)30(34)35/h5-12,15,19-20,23H,3-4,13-14,16-18H2,1-2H3,(H,34,35)/t23-/m1/s1. The van der Waals surface area contributed by atoms with Crippen LogP contribution in [0, 0.1) is 0 Å². The predicted molar refractivity (Wildman–Crippen MR) is 143 cm³/mol. The van der Waals surface area contributed by atoms with Crippen LogP contribution in [0.5, 0.6) is 5.75 Å². The fourth-order valence-electron chi connectivity index (χ4n) is 5.21. The van der Waals surface area contributed by atoms with Crippen LogP contribution in [0.25, 0.3) is 5.57 Å². The van der Waals surface area contributed by atoms with Crippen LogP contribution in [-0.2, 0) is 6.42 Å².